The number of rotatable bonds is 4. The van der Waals surface area contributed by atoms with Gasteiger partial charge in [0.25, 0.3) is 6.79 Å². The van der Waals surface area contributed by atoms with Crippen molar-refractivity contribution >= 4 is 34.3 Å². The van der Waals surface area contributed by atoms with Crippen LogP contribution < -0.4 is 0 Å². The van der Waals surface area contributed by atoms with E-state index in [2.05, 4.69) is 32.5 Å². The van der Waals surface area contributed by atoms with Crippen LogP contribution in [0, 0.1) is 3.57 Å². The lowest BCUT2D eigenvalue weighted by molar-refractivity contribution is -0.153. The molecule has 0 aromatic heterocycles. The maximum atomic E-state index is 10.4. The zero-order valence-corrected chi connectivity index (χ0v) is 11.2. The van der Waals surface area contributed by atoms with E-state index >= 15 is 0 Å². The lowest BCUT2D eigenvalue weighted by Gasteiger charge is -2.02. The van der Waals surface area contributed by atoms with Crippen molar-refractivity contribution in [1.29, 1.82) is 0 Å². The van der Waals surface area contributed by atoms with Crippen LogP contribution in [0.2, 0.25) is 0 Å². The first-order valence-corrected chi connectivity index (χ1v) is 5.73. The van der Waals surface area contributed by atoms with E-state index in [1.165, 1.54) is 6.92 Å². The normalized spacial score (nSPS) is 11.1. The molecule has 86 valence electrons. The predicted molar refractivity (Wildman–Crippen MR) is 69.1 cm³/mol. The zero-order valence-electron chi connectivity index (χ0n) is 9.07. The van der Waals surface area contributed by atoms with Gasteiger partial charge in [-0.15, -0.1) is 0 Å². The summed E-state index contributed by atoms with van der Waals surface area (Å²) in [5.74, 6) is -0.387. The molecule has 0 N–H and O–H groups in total. The number of esters is 1. The second kappa shape index (κ2) is 6.47. The topological polar surface area (TPSA) is 47.9 Å². The van der Waals surface area contributed by atoms with Crippen molar-refractivity contribution in [2.45, 2.75) is 13.8 Å². The Bertz CT molecular complexity index is 387. The number of oxime groups is 1. The van der Waals surface area contributed by atoms with Gasteiger partial charge in [0.15, 0.2) is 0 Å². The van der Waals surface area contributed by atoms with Gasteiger partial charge in [-0.2, -0.15) is 0 Å². The Balaban J connectivity index is 2.50. The highest BCUT2D eigenvalue weighted by Crippen LogP contribution is 2.07. The Kier molecular flexibility index (Phi) is 5.24. The van der Waals surface area contributed by atoms with Gasteiger partial charge < -0.3 is 9.57 Å². The quantitative estimate of drug-likeness (QED) is 0.212. The molecular weight excluding hydrogens is 321 g/mol. The first-order valence-electron chi connectivity index (χ1n) is 4.65. The Morgan fingerprint density at radius 3 is 2.50 bits per heavy atom. The van der Waals surface area contributed by atoms with E-state index in [-0.39, 0.29) is 12.8 Å². The fraction of sp³-hybridized carbons (Fsp3) is 0.273. The van der Waals surface area contributed by atoms with Gasteiger partial charge in [-0.1, -0.05) is 17.3 Å². The van der Waals surface area contributed by atoms with Gasteiger partial charge in [0, 0.05) is 10.5 Å². The average molecular weight is 333 g/mol. The molecule has 1 aromatic rings. The minimum atomic E-state index is -0.387. The van der Waals surface area contributed by atoms with E-state index in [4.69, 9.17) is 4.84 Å². The van der Waals surface area contributed by atoms with Gasteiger partial charge in [0.2, 0.25) is 0 Å². The highest BCUT2D eigenvalue weighted by atomic mass is 127. The van der Waals surface area contributed by atoms with Crippen molar-refractivity contribution in [3.8, 4) is 0 Å². The van der Waals surface area contributed by atoms with Gasteiger partial charge in [-0.05, 0) is 47.2 Å². The van der Waals surface area contributed by atoms with Crippen LogP contribution in [0.25, 0.3) is 0 Å². The fourth-order valence-electron chi connectivity index (χ4n) is 0.976. The summed E-state index contributed by atoms with van der Waals surface area (Å²) in [7, 11) is 0. The highest BCUT2D eigenvalue weighted by molar-refractivity contribution is 14.1. The van der Waals surface area contributed by atoms with Crippen molar-refractivity contribution in [3.63, 3.8) is 0 Å². The molecule has 0 aliphatic carbocycles. The highest BCUT2D eigenvalue weighted by Gasteiger charge is 1.98. The summed E-state index contributed by atoms with van der Waals surface area (Å²) >= 11 is 2.23. The maximum absolute atomic E-state index is 10.4. The molecule has 0 atom stereocenters. The van der Waals surface area contributed by atoms with E-state index in [0.29, 0.717) is 0 Å². The lowest BCUT2D eigenvalue weighted by atomic mass is 10.1. The van der Waals surface area contributed by atoms with Gasteiger partial charge in [-0.3, -0.25) is 4.79 Å². The minimum absolute atomic E-state index is 0.156. The molecule has 0 aliphatic rings. The second-order valence-corrected chi connectivity index (χ2v) is 4.31. The molecule has 0 amide bonds. The van der Waals surface area contributed by atoms with Gasteiger partial charge >= 0.3 is 5.97 Å². The van der Waals surface area contributed by atoms with Crippen LogP contribution >= 0.6 is 22.6 Å². The summed E-state index contributed by atoms with van der Waals surface area (Å²) < 4.78 is 5.74. The third-order valence-corrected chi connectivity index (χ3v) is 2.50. The number of carbonyl (C=O) groups excluding carboxylic acids is 1. The first kappa shape index (κ1) is 13.0. The molecule has 0 saturated carbocycles. The van der Waals surface area contributed by atoms with E-state index in [9.17, 15) is 4.79 Å². The van der Waals surface area contributed by atoms with E-state index in [0.717, 1.165) is 14.8 Å². The van der Waals surface area contributed by atoms with Crippen molar-refractivity contribution in [2.24, 2.45) is 5.16 Å². The second-order valence-electron chi connectivity index (χ2n) is 3.07. The van der Waals surface area contributed by atoms with Gasteiger partial charge in [0.05, 0.1) is 5.71 Å². The number of hydrogen-bond acceptors (Lipinski definition) is 4. The van der Waals surface area contributed by atoms with E-state index in [1.54, 1.807) is 0 Å². The molecule has 4 nitrogen and oxygen atoms in total. The molecule has 0 spiro atoms. The van der Waals surface area contributed by atoms with Crippen LogP contribution in [0.3, 0.4) is 0 Å². The SMILES string of the molecule is CC(=O)OCO/N=C(\C)c1ccc(I)cc1. The number of benzene rings is 1. The van der Waals surface area contributed by atoms with Crippen molar-refractivity contribution in [1.82, 2.24) is 0 Å². The Hall–Kier alpha value is -1.11. The van der Waals surface area contributed by atoms with E-state index < -0.39 is 0 Å². The first-order chi connectivity index (χ1) is 7.59. The average Bonchev–Trinajstić information content (AvgIpc) is 2.25. The Labute approximate surface area is 108 Å². The summed E-state index contributed by atoms with van der Waals surface area (Å²) in [4.78, 5) is 15.3. The number of hydrogen-bond donors (Lipinski definition) is 0. The van der Waals surface area contributed by atoms with Crippen molar-refractivity contribution in [2.75, 3.05) is 6.79 Å². The molecule has 0 aliphatic heterocycles. The molecule has 1 aromatic carbocycles. The molecule has 0 heterocycles. The summed E-state index contributed by atoms with van der Waals surface area (Å²) in [6.45, 7) is 2.99. The number of carbonyl (C=O) groups is 1. The predicted octanol–water partition coefficient (Wildman–Crippen LogP) is 2.55. The molecule has 1 rings (SSSR count). The van der Waals surface area contributed by atoms with Gasteiger partial charge in [0.1, 0.15) is 0 Å². The van der Waals surface area contributed by atoms with Crippen LogP contribution in [0.1, 0.15) is 19.4 Å². The molecule has 5 heteroatoms. The van der Waals surface area contributed by atoms with Crippen LogP contribution in [-0.4, -0.2) is 18.5 Å². The molecule has 0 saturated heterocycles. The zero-order chi connectivity index (χ0) is 12.0. The fourth-order valence-corrected chi connectivity index (χ4v) is 1.34. The minimum Gasteiger partial charge on any atom is -0.426 e. The molecule has 0 radical (unpaired) electrons. The number of ether oxygens (including phenoxy) is 1. The summed E-state index contributed by atoms with van der Waals surface area (Å²) in [5.41, 5.74) is 1.71. The molecule has 0 unspecified atom stereocenters. The van der Waals surface area contributed by atoms with Crippen molar-refractivity contribution in [3.05, 3.63) is 33.4 Å². The summed E-state index contributed by atoms with van der Waals surface area (Å²) in [5, 5.41) is 3.83. The number of halogens is 1. The van der Waals surface area contributed by atoms with Crippen LogP contribution in [0.4, 0.5) is 0 Å². The van der Waals surface area contributed by atoms with Crippen molar-refractivity contribution < 1.29 is 14.4 Å². The smallest absolute Gasteiger partial charge is 0.305 e. The van der Waals surface area contributed by atoms with Gasteiger partial charge in [-0.25, -0.2) is 0 Å². The summed E-state index contributed by atoms with van der Waals surface area (Å²) in [6, 6.07) is 7.88. The molecule has 0 fully saturated rings. The number of nitrogens with zero attached hydrogens (tertiary/aromatic N) is 1. The molecular formula is C11H12INO3. The molecule has 16 heavy (non-hydrogen) atoms. The Morgan fingerprint density at radius 1 is 1.31 bits per heavy atom. The third kappa shape index (κ3) is 4.61. The third-order valence-electron chi connectivity index (χ3n) is 1.78. The van der Waals surface area contributed by atoms with Crippen LogP contribution in [0.5, 0.6) is 0 Å². The Morgan fingerprint density at radius 2 is 1.94 bits per heavy atom. The lowest BCUT2D eigenvalue weighted by Crippen LogP contribution is -2.03. The maximum Gasteiger partial charge on any atom is 0.305 e. The summed E-state index contributed by atoms with van der Waals surface area (Å²) in [6.07, 6.45) is 0. The van der Waals surface area contributed by atoms with Crippen LogP contribution in [-0.2, 0) is 14.4 Å². The largest absolute Gasteiger partial charge is 0.426 e. The molecule has 0 bridgehead atoms. The standard InChI is InChI=1S/C11H12INO3/c1-8(13-16-7-15-9(2)14)10-3-5-11(12)6-4-10/h3-6H,7H2,1-2H3/b13-8+. The van der Waals surface area contributed by atoms with E-state index in [1.807, 2.05) is 31.2 Å². The van der Waals surface area contributed by atoms with Crippen LogP contribution in [0.15, 0.2) is 29.4 Å². The monoisotopic (exact) mass is 333 g/mol.